The minimum atomic E-state index is -4.51. The van der Waals surface area contributed by atoms with Gasteiger partial charge in [0.25, 0.3) is 0 Å². The van der Waals surface area contributed by atoms with E-state index in [2.05, 4.69) is 10.6 Å². The lowest BCUT2D eigenvalue weighted by atomic mass is 10.1. The molecule has 2 aromatic rings. The largest absolute Gasteiger partial charge is 0.416 e. The third kappa shape index (κ3) is 7.01. The molecule has 0 aromatic heterocycles. The number of amides is 2. The summed E-state index contributed by atoms with van der Waals surface area (Å²) in [5.74, 6) is -0.767. The van der Waals surface area contributed by atoms with Crippen LogP contribution in [0.2, 0.25) is 0 Å². The van der Waals surface area contributed by atoms with E-state index in [1.807, 2.05) is 25.1 Å². The number of rotatable bonds is 7. The van der Waals surface area contributed by atoms with Crippen molar-refractivity contribution < 1.29 is 22.8 Å². The van der Waals surface area contributed by atoms with Gasteiger partial charge in [0.2, 0.25) is 11.8 Å². The zero-order valence-electron chi connectivity index (χ0n) is 16.3. The Morgan fingerprint density at radius 3 is 2.24 bits per heavy atom. The van der Waals surface area contributed by atoms with Crippen LogP contribution in [0.15, 0.2) is 42.5 Å². The maximum absolute atomic E-state index is 13.0. The molecule has 0 spiro atoms. The van der Waals surface area contributed by atoms with Crippen LogP contribution in [0.3, 0.4) is 0 Å². The van der Waals surface area contributed by atoms with Crippen LogP contribution in [-0.2, 0) is 15.8 Å². The van der Waals surface area contributed by atoms with Crippen LogP contribution >= 0.6 is 11.8 Å². The van der Waals surface area contributed by atoms with Gasteiger partial charge in [-0.25, -0.2) is 0 Å². The Hall–Kier alpha value is -2.68. The third-order valence-corrected chi connectivity index (χ3v) is 4.78. The molecule has 156 valence electrons. The van der Waals surface area contributed by atoms with Crippen molar-refractivity contribution in [3.05, 3.63) is 53.6 Å². The number of thioether (sulfide) groups is 1. The summed E-state index contributed by atoms with van der Waals surface area (Å²) >= 11 is 1.08. The van der Waals surface area contributed by atoms with Crippen LogP contribution < -0.4 is 15.5 Å². The maximum Gasteiger partial charge on any atom is 0.416 e. The fraction of sp³-hybridized carbons (Fsp3) is 0.300. The number of carbonyl (C=O) groups excluding carboxylic acids is 2. The first-order chi connectivity index (χ1) is 13.6. The average molecular weight is 425 g/mol. The Bertz CT molecular complexity index is 886. The topological polar surface area (TPSA) is 61.4 Å². The summed E-state index contributed by atoms with van der Waals surface area (Å²) in [4.78, 5) is 25.7. The normalized spacial score (nSPS) is 11.1. The number of nitrogens with one attached hydrogen (secondary N) is 2. The summed E-state index contributed by atoms with van der Waals surface area (Å²) in [5, 5.41) is 5.23. The first-order valence-electron chi connectivity index (χ1n) is 8.69. The Balaban J connectivity index is 1.92. The highest BCUT2D eigenvalue weighted by Crippen LogP contribution is 2.35. The second-order valence-corrected chi connectivity index (χ2v) is 7.57. The molecule has 2 rings (SSSR count). The van der Waals surface area contributed by atoms with Gasteiger partial charge in [-0.2, -0.15) is 13.2 Å². The number of alkyl halides is 3. The SMILES string of the molecule is Cc1cccc(NC(=O)CSCC(=O)Nc2cc(C(F)(F)F)ccc2N(C)C)c1. The summed E-state index contributed by atoms with van der Waals surface area (Å²) in [6.07, 6.45) is -4.51. The lowest BCUT2D eigenvalue weighted by molar-refractivity contribution is -0.137. The Kier molecular flexibility index (Phi) is 7.55. The summed E-state index contributed by atoms with van der Waals surface area (Å²) in [5.41, 5.74) is 1.35. The molecule has 9 heteroatoms. The van der Waals surface area contributed by atoms with E-state index in [1.54, 1.807) is 25.1 Å². The molecule has 29 heavy (non-hydrogen) atoms. The molecule has 5 nitrogen and oxygen atoms in total. The van der Waals surface area contributed by atoms with Crippen LogP contribution in [0, 0.1) is 6.92 Å². The Labute approximate surface area is 171 Å². The predicted octanol–water partition coefficient (Wildman–Crippen LogP) is 4.39. The van der Waals surface area contributed by atoms with Gasteiger partial charge in [0, 0.05) is 19.8 Å². The van der Waals surface area contributed by atoms with E-state index in [9.17, 15) is 22.8 Å². The van der Waals surface area contributed by atoms with Gasteiger partial charge < -0.3 is 15.5 Å². The molecule has 0 heterocycles. The number of halogens is 3. The molecule has 0 bridgehead atoms. The molecular weight excluding hydrogens is 403 g/mol. The van der Waals surface area contributed by atoms with Gasteiger partial charge in [-0.1, -0.05) is 12.1 Å². The maximum atomic E-state index is 13.0. The molecule has 0 fully saturated rings. The van der Waals surface area contributed by atoms with Crippen LogP contribution in [0.5, 0.6) is 0 Å². The fourth-order valence-electron chi connectivity index (χ4n) is 2.55. The van der Waals surface area contributed by atoms with Crippen molar-refractivity contribution in [3.8, 4) is 0 Å². The van der Waals surface area contributed by atoms with Crippen molar-refractivity contribution in [1.29, 1.82) is 0 Å². The molecule has 0 aliphatic carbocycles. The summed E-state index contributed by atoms with van der Waals surface area (Å²) in [7, 11) is 3.34. The van der Waals surface area contributed by atoms with Gasteiger partial charge in [-0.3, -0.25) is 9.59 Å². The van der Waals surface area contributed by atoms with Gasteiger partial charge in [-0.15, -0.1) is 11.8 Å². The van der Waals surface area contributed by atoms with Crippen LogP contribution in [-0.4, -0.2) is 37.4 Å². The van der Waals surface area contributed by atoms with Gasteiger partial charge in [0.15, 0.2) is 0 Å². The summed E-state index contributed by atoms with van der Waals surface area (Å²) in [6, 6.07) is 10.5. The molecule has 2 aromatic carbocycles. The zero-order chi connectivity index (χ0) is 21.6. The highest BCUT2D eigenvalue weighted by molar-refractivity contribution is 8.00. The number of carbonyl (C=O) groups is 2. The molecule has 0 saturated heterocycles. The number of aryl methyl sites for hydroxylation is 1. The Morgan fingerprint density at radius 1 is 1.00 bits per heavy atom. The Morgan fingerprint density at radius 2 is 1.66 bits per heavy atom. The smallest absolute Gasteiger partial charge is 0.376 e. The van der Waals surface area contributed by atoms with Crippen molar-refractivity contribution >= 4 is 40.6 Å². The predicted molar refractivity (Wildman–Crippen MR) is 112 cm³/mol. The van der Waals surface area contributed by atoms with E-state index in [-0.39, 0.29) is 23.1 Å². The molecule has 0 radical (unpaired) electrons. The van der Waals surface area contributed by atoms with E-state index in [4.69, 9.17) is 0 Å². The van der Waals surface area contributed by atoms with E-state index in [1.165, 1.54) is 6.07 Å². The number of anilines is 3. The van der Waals surface area contributed by atoms with Crippen molar-refractivity contribution in [2.45, 2.75) is 13.1 Å². The van der Waals surface area contributed by atoms with Gasteiger partial charge >= 0.3 is 6.18 Å². The third-order valence-electron chi connectivity index (χ3n) is 3.85. The number of nitrogens with zero attached hydrogens (tertiary/aromatic N) is 1. The molecular formula is C20H22F3N3O2S. The number of benzene rings is 2. The van der Waals surface area contributed by atoms with Crippen LogP contribution in [0.4, 0.5) is 30.2 Å². The van der Waals surface area contributed by atoms with Crippen molar-refractivity contribution in [3.63, 3.8) is 0 Å². The van der Waals surface area contributed by atoms with Crippen molar-refractivity contribution in [2.75, 3.05) is 41.1 Å². The van der Waals surface area contributed by atoms with E-state index in [0.29, 0.717) is 11.4 Å². The van der Waals surface area contributed by atoms with Crippen molar-refractivity contribution in [1.82, 2.24) is 0 Å². The number of hydrogen-bond acceptors (Lipinski definition) is 4. The lowest BCUT2D eigenvalue weighted by Gasteiger charge is -2.19. The minimum absolute atomic E-state index is 0.0461. The lowest BCUT2D eigenvalue weighted by Crippen LogP contribution is -2.20. The number of hydrogen-bond donors (Lipinski definition) is 2. The van der Waals surface area contributed by atoms with Gasteiger partial charge in [-0.05, 0) is 42.8 Å². The molecule has 0 atom stereocenters. The quantitative estimate of drug-likeness (QED) is 0.691. The molecule has 0 aliphatic heterocycles. The van der Waals surface area contributed by atoms with Crippen LogP contribution in [0.25, 0.3) is 0 Å². The van der Waals surface area contributed by atoms with Crippen molar-refractivity contribution in [2.24, 2.45) is 0 Å². The standard InChI is InChI=1S/C20H22F3N3O2S/c1-13-5-4-6-15(9-13)24-18(27)11-29-12-19(28)25-16-10-14(20(21,22)23)7-8-17(16)26(2)3/h4-10H,11-12H2,1-3H3,(H,24,27)(H,25,28). The van der Waals surface area contributed by atoms with Crippen LogP contribution in [0.1, 0.15) is 11.1 Å². The first-order valence-corrected chi connectivity index (χ1v) is 9.84. The molecule has 2 amide bonds. The average Bonchev–Trinajstić information content (AvgIpc) is 2.60. The molecule has 0 aliphatic rings. The summed E-state index contributed by atoms with van der Waals surface area (Å²) < 4.78 is 38.9. The highest BCUT2D eigenvalue weighted by atomic mass is 32.2. The van der Waals surface area contributed by atoms with E-state index < -0.39 is 17.6 Å². The fourth-order valence-corrected chi connectivity index (χ4v) is 3.16. The second-order valence-electron chi connectivity index (χ2n) is 6.58. The van der Waals surface area contributed by atoms with E-state index in [0.717, 1.165) is 29.5 Å². The zero-order valence-corrected chi connectivity index (χ0v) is 17.1. The highest BCUT2D eigenvalue weighted by Gasteiger charge is 2.31. The second kappa shape index (κ2) is 9.69. The molecule has 0 saturated carbocycles. The van der Waals surface area contributed by atoms with E-state index >= 15 is 0 Å². The van der Waals surface area contributed by atoms with Gasteiger partial charge in [0.05, 0.1) is 28.4 Å². The molecule has 2 N–H and O–H groups in total. The van der Waals surface area contributed by atoms with Gasteiger partial charge in [0.1, 0.15) is 0 Å². The molecule has 0 unspecified atom stereocenters. The monoisotopic (exact) mass is 425 g/mol. The minimum Gasteiger partial charge on any atom is -0.376 e. The summed E-state index contributed by atoms with van der Waals surface area (Å²) in [6.45, 7) is 1.91. The first kappa shape index (κ1) is 22.6.